The first-order chi connectivity index (χ1) is 11.1. The van der Waals surface area contributed by atoms with E-state index in [0.29, 0.717) is 12.3 Å². The summed E-state index contributed by atoms with van der Waals surface area (Å²) >= 11 is 0. The highest BCUT2D eigenvalue weighted by Crippen LogP contribution is 2.27. The van der Waals surface area contributed by atoms with Crippen LogP contribution in [0.4, 0.5) is 0 Å². The molecule has 0 spiro atoms. The van der Waals surface area contributed by atoms with E-state index in [1.54, 1.807) is 19.2 Å². The van der Waals surface area contributed by atoms with Crippen LogP contribution in [0.3, 0.4) is 0 Å². The van der Waals surface area contributed by atoms with Crippen molar-refractivity contribution in [2.45, 2.75) is 13.5 Å². The Balaban J connectivity index is 1.93. The Morgan fingerprint density at radius 3 is 2.52 bits per heavy atom. The van der Waals surface area contributed by atoms with E-state index in [1.165, 1.54) is 0 Å². The van der Waals surface area contributed by atoms with E-state index in [0.717, 1.165) is 28.2 Å². The maximum Gasteiger partial charge on any atom is 0.707 e. The lowest BCUT2D eigenvalue weighted by Crippen LogP contribution is -2.20. The SMILES string of the molecule is COc1cccc2nc(C)n(Cc3ccc(OB(O)O)cc3)c12. The Morgan fingerprint density at radius 1 is 1.13 bits per heavy atom. The zero-order valence-electron chi connectivity index (χ0n) is 12.9. The van der Waals surface area contributed by atoms with Gasteiger partial charge in [-0.2, -0.15) is 0 Å². The summed E-state index contributed by atoms with van der Waals surface area (Å²) in [5.74, 6) is 2.08. The van der Waals surface area contributed by atoms with Gasteiger partial charge in [0.1, 0.15) is 22.8 Å². The molecular formula is C16H17BN2O4. The van der Waals surface area contributed by atoms with E-state index >= 15 is 0 Å². The number of hydrogen-bond donors (Lipinski definition) is 2. The number of hydrogen-bond acceptors (Lipinski definition) is 5. The molecule has 1 aromatic heterocycles. The van der Waals surface area contributed by atoms with Crippen LogP contribution >= 0.6 is 0 Å². The summed E-state index contributed by atoms with van der Waals surface area (Å²) in [6.45, 7) is 2.59. The molecule has 0 radical (unpaired) electrons. The van der Waals surface area contributed by atoms with Gasteiger partial charge in [-0.1, -0.05) is 18.2 Å². The number of nitrogens with zero attached hydrogens (tertiary/aromatic N) is 2. The molecule has 2 N–H and O–H groups in total. The Bertz CT molecular complexity index is 815. The van der Waals surface area contributed by atoms with E-state index in [-0.39, 0.29) is 0 Å². The number of methoxy groups -OCH3 is 1. The minimum atomic E-state index is -1.81. The van der Waals surface area contributed by atoms with Gasteiger partial charge >= 0.3 is 7.32 Å². The van der Waals surface area contributed by atoms with Crippen LogP contribution in [-0.2, 0) is 6.54 Å². The van der Waals surface area contributed by atoms with Crippen LogP contribution in [0.5, 0.6) is 11.5 Å². The summed E-state index contributed by atoms with van der Waals surface area (Å²) in [6, 6.07) is 12.9. The van der Waals surface area contributed by atoms with Crippen LogP contribution in [0.15, 0.2) is 42.5 Å². The predicted molar refractivity (Wildman–Crippen MR) is 87.4 cm³/mol. The molecule has 0 unspecified atom stereocenters. The molecule has 1 heterocycles. The van der Waals surface area contributed by atoms with Gasteiger partial charge in [-0.3, -0.25) is 0 Å². The number of imidazole rings is 1. The predicted octanol–water partition coefficient (Wildman–Crippen LogP) is 1.75. The highest BCUT2D eigenvalue weighted by atomic mass is 16.6. The molecule has 0 aliphatic rings. The number of aromatic nitrogens is 2. The Kier molecular flexibility index (Phi) is 4.23. The van der Waals surface area contributed by atoms with Gasteiger partial charge < -0.3 is 24.0 Å². The number of benzene rings is 2. The second-order valence-electron chi connectivity index (χ2n) is 5.16. The van der Waals surface area contributed by atoms with E-state index < -0.39 is 7.32 Å². The zero-order valence-corrected chi connectivity index (χ0v) is 12.9. The topological polar surface area (TPSA) is 76.7 Å². The standard InChI is InChI=1S/C16H17BN2O4/c1-11-18-14-4-3-5-15(22-2)16(14)19(11)10-12-6-8-13(9-7-12)23-17(20)21/h3-9,20-21H,10H2,1-2H3. The molecule has 3 rings (SSSR count). The van der Waals surface area contributed by atoms with Crippen LogP contribution < -0.4 is 9.39 Å². The lowest BCUT2D eigenvalue weighted by atomic mass is 10.2. The molecule has 0 amide bonds. The van der Waals surface area contributed by atoms with E-state index in [9.17, 15) is 0 Å². The van der Waals surface area contributed by atoms with Gasteiger partial charge in [0, 0.05) is 6.54 Å². The first kappa shape index (κ1) is 15.4. The summed E-state index contributed by atoms with van der Waals surface area (Å²) in [6.07, 6.45) is 0. The van der Waals surface area contributed by atoms with Gasteiger partial charge in [0.05, 0.1) is 12.6 Å². The Morgan fingerprint density at radius 2 is 1.87 bits per heavy atom. The molecule has 118 valence electrons. The van der Waals surface area contributed by atoms with Crippen molar-refractivity contribution in [1.29, 1.82) is 0 Å². The van der Waals surface area contributed by atoms with E-state index in [2.05, 4.69) is 9.55 Å². The number of ether oxygens (including phenoxy) is 1. The number of rotatable bonds is 5. The van der Waals surface area contributed by atoms with Gasteiger partial charge in [-0.05, 0) is 36.8 Å². The number of aryl methyl sites for hydroxylation is 1. The minimum absolute atomic E-state index is 0.397. The van der Waals surface area contributed by atoms with Gasteiger partial charge in [0.2, 0.25) is 0 Å². The summed E-state index contributed by atoms with van der Waals surface area (Å²) in [5, 5.41) is 17.6. The molecule has 2 aromatic carbocycles. The maximum absolute atomic E-state index is 8.80. The quantitative estimate of drug-likeness (QED) is 0.702. The molecule has 3 aromatic rings. The van der Waals surface area contributed by atoms with Crippen LogP contribution in [0, 0.1) is 6.92 Å². The van der Waals surface area contributed by atoms with Crippen LogP contribution in [0.1, 0.15) is 11.4 Å². The van der Waals surface area contributed by atoms with Gasteiger partial charge in [0.15, 0.2) is 0 Å². The van der Waals surface area contributed by atoms with Crippen molar-refractivity contribution in [3.05, 3.63) is 53.9 Å². The van der Waals surface area contributed by atoms with Crippen molar-refractivity contribution in [3.63, 3.8) is 0 Å². The summed E-state index contributed by atoms with van der Waals surface area (Å²) in [4.78, 5) is 4.57. The molecule has 0 aliphatic carbocycles. The highest BCUT2D eigenvalue weighted by molar-refractivity contribution is 6.33. The van der Waals surface area contributed by atoms with Crippen molar-refractivity contribution in [2.75, 3.05) is 7.11 Å². The van der Waals surface area contributed by atoms with Crippen LogP contribution in [-0.4, -0.2) is 34.0 Å². The molecule has 7 heteroatoms. The fourth-order valence-electron chi connectivity index (χ4n) is 2.60. The fourth-order valence-corrected chi connectivity index (χ4v) is 2.60. The van der Waals surface area contributed by atoms with Crippen molar-refractivity contribution in [2.24, 2.45) is 0 Å². The number of para-hydroxylation sites is 1. The van der Waals surface area contributed by atoms with Crippen LogP contribution in [0.2, 0.25) is 0 Å². The fraction of sp³-hybridized carbons (Fsp3) is 0.188. The van der Waals surface area contributed by atoms with Crippen LogP contribution in [0.25, 0.3) is 11.0 Å². The van der Waals surface area contributed by atoms with Gasteiger partial charge in [0.25, 0.3) is 0 Å². The molecule has 0 bridgehead atoms. The molecule has 0 aliphatic heterocycles. The third-order valence-corrected chi connectivity index (χ3v) is 3.65. The average Bonchev–Trinajstić information content (AvgIpc) is 2.84. The number of fused-ring (bicyclic) bond motifs is 1. The summed E-state index contributed by atoms with van der Waals surface area (Å²) < 4.78 is 12.3. The molecule has 0 saturated carbocycles. The first-order valence-corrected chi connectivity index (χ1v) is 7.20. The molecule has 0 fully saturated rings. The highest BCUT2D eigenvalue weighted by Gasteiger charge is 2.13. The molecule has 23 heavy (non-hydrogen) atoms. The second-order valence-corrected chi connectivity index (χ2v) is 5.16. The minimum Gasteiger partial charge on any atom is -0.512 e. The van der Waals surface area contributed by atoms with Gasteiger partial charge in [-0.25, -0.2) is 4.98 Å². The average molecular weight is 312 g/mol. The monoisotopic (exact) mass is 312 g/mol. The van der Waals surface area contributed by atoms with Crippen molar-refractivity contribution >= 4 is 18.4 Å². The van der Waals surface area contributed by atoms with E-state index in [4.69, 9.17) is 19.4 Å². The first-order valence-electron chi connectivity index (χ1n) is 7.20. The molecule has 0 atom stereocenters. The summed E-state index contributed by atoms with van der Waals surface area (Å²) in [7, 11) is -0.168. The maximum atomic E-state index is 8.80. The normalized spacial score (nSPS) is 10.8. The molecule has 6 nitrogen and oxygen atoms in total. The Labute approximate surface area is 134 Å². The van der Waals surface area contributed by atoms with Crippen molar-refractivity contribution in [1.82, 2.24) is 9.55 Å². The lowest BCUT2D eigenvalue weighted by Gasteiger charge is -2.11. The van der Waals surface area contributed by atoms with Crippen molar-refractivity contribution in [3.8, 4) is 11.5 Å². The Hall–Kier alpha value is -2.51. The third kappa shape index (κ3) is 3.15. The molecule has 0 saturated heterocycles. The second kappa shape index (κ2) is 6.32. The third-order valence-electron chi connectivity index (χ3n) is 3.65. The zero-order chi connectivity index (χ0) is 16.4. The largest absolute Gasteiger partial charge is 0.707 e. The van der Waals surface area contributed by atoms with Crippen molar-refractivity contribution < 1.29 is 19.4 Å². The summed E-state index contributed by atoms with van der Waals surface area (Å²) in [5.41, 5.74) is 2.89. The van der Waals surface area contributed by atoms with E-state index in [1.807, 2.05) is 37.3 Å². The molecular weight excluding hydrogens is 295 g/mol. The smallest absolute Gasteiger partial charge is 0.512 e. The van der Waals surface area contributed by atoms with Gasteiger partial charge in [-0.15, -0.1) is 0 Å². The lowest BCUT2D eigenvalue weighted by molar-refractivity contribution is 0.288.